The Labute approximate surface area is 159 Å². The lowest BCUT2D eigenvalue weighted by Crippen LogP contribution is -2.72. The highest BCUT2D eigenvalue weighted by atomic mass is 35.5. The average molecular weight is 369 g/mol. The highest BCUT2D eigenvalue weighted by molar-refractivity contribution is 7.22. The Morgan fingerprint density at radius 1 is 0.500 bits per heavy atom. The van der Waals surface area contributed by atoms with Gasteiger partial charge < -0.3 is 0 Å². The molecule has 0 saturated carbocycles. The molecule has 0 N–H and O–H groups in total. The summed E-state index contributed by atoms with van der Waals surface area (Å²) in [7, 11) is -2.34. The summed E-state index contributed by atoms with van der Waals surface area (Å²) in [5, 5.41) is 6.45. The first-order chi connectivity index (χ1) is 12.8. The molecule has 0 radical (unpaired) electrons. The van der Waals surface area contributed by atoms with E-state index in [4.69, 9.17) is 11.6 Å². The quantitative estimate of drug-likeness (QED) is 0.417. The van der Waals surface area contributed by atoms with Crippen molar-refractivity contribution in [3.05, 3.63) is 108 Å². The van der Waals surface area contributed by atoms with Crippen LogP contribution in [0.3, 0.4) is 0 Å². The van der Waals surface area contributed by atoms with Crippen molar-refractivity contribution >= 4 is 40.4 Å². The topological polar surface area (TPSA) is 0 Å². The fourth-order valence-electron chi connectivity index (χ4n) is 4.43. The molecule has 0 nitrogen and oxygen atoms in total. The summed E-state index contributed by atoms with van der Waals surface area (Å²) >= 11 is 6.45. The van der Waals surface area contributed by atoms with Crippen molar-refractivity contribution < 1.29 is 0 Å². The van der Waals surface area contributed by atoms with E-state index in [-0.39, 0.29) is 0 Å². The molecule has 26 heavy (non-hydrogen) atoms. The largest absolute Gasteiger partial charge is 0.180 e. The van der Waals surface area contributed by atoms with Gasteiger partial charge in [0.05, 0.1) is 0 Å². The first-order valence-corrected chi connectivity index (χ1v) is 11.2. The summed E-state index contributed by atoms with van der Waals surface area (Å²) in [5.74, 6) is 0. The summed E-state index contributed by atoms with van der Waals surface area (Å²) in [4.78, 5) is 0. The van der Waals surface area contributed by atoms with Crippen molar-refractivity contribution in [3.63, 3.8) is 0 Å². The number of halogens is 1. The Hall–Kier alpha value is -2.61. The Balaban J connectivity index is 1.98. The second-order valence-corrected chi connectivity index (χ2v) is 10.9. The second kappa shape index (κ2) is 5.98. The first-order valence-electron chi connectivity index (χ1n) is 8.83. The Bertz CT molecular complexity index is 1060. The maximum absolute atomic E-state index is 6.45. The molecule has 124 valence electrons. The van der Waals surface area contributed by atoms with Gasteiger partial charge in [-0.3, -0.25) is 0 Å². The Kier molecular flexibility index (Phi) is 3.59. The van der Waals surface area contributed by atoms with Crippen LogP contribution in [-0.4, -0.2) is 8.07 Å². The first kappa shape index (κ1) is 15.6. The molecule has 0 saturated heterocycles. The van der Waals surface area contributed by atoms with Crippen molar-refractivity contribution in [2.24, 2.45) is 0 Å². The predicted octanol–water partition coefficient (Wildman–Crippen LogP) is 3.70. The van der Waals surface area contributed by atoms with E-state index in [1.807, 2.05) is 6.07 Å². The van der Waals surface area contributed by atoms with Crippen LogP contribution in [0.1, 0.15) is 0 Å². The lowest BCUT2D eigenvalue weighted by Gasteiger charge is -2.31. The van der Waals surface area contributed by atoms with Gasteiger partial charge in [-0.2, -0.15) is 0 Å². The molecule has 0 aromatic heterocycles. The maximum Gasteiger partial charge on any atom is 0.180 e. The SMILES string of the molecule is Clc1cccc([Si]2(c3ccccc3)c3ccccc3-c3ccccc32)c1. The lowest BCUT2D eigenvalue weighted by molar-refractivity contribution is 1.70. The molecule has 0 bridgehead atoms. The number of rotatable bonds is 2. The second-order valence-electron chi connectivity index (χ2n) is 6.72. The third-order valence-electron chi connectivity index (χ3n) is 5.42. The van der Waals surface area contributed by atoms with E-state index in [0.717, 1.165) is 5.02 Å². The van der Waals surface area contributed by atoms with Crippen molar-refractivity contribution in [3.8, 4) is 11.1 Å². The van der Waals surface area contributed by atoms with Crippen LogP contribution in [0.15, 0.2) is 103 Å². The molecule has 5 rings (SSSR count). The van der Waals surface area contributed by atoms with Gasteiger partial charge in [-0.25, -0.2) is 0 Å². The van der Waals surface area contributed by atoms with Gasteiger partial charge in [0.1, 0.15) is 0 Å². The summed E-state index contributed by atoms with van der Waals surface area (Å²) in [6, 6.07) is 37.2. The van der Waals surface area contributed by atoms with Gasteiger partial charge in [0.2, 0.25) is 0 Å². The molecule has 0 amide bonds. The van der Waals surface area contributed by atoms with Crippen LogP contribution >= 0.6 is 11.6 Å². The molecular formula is C24H17ClSi. The van der Waals surface area contributed by atoms with Gasteiger partial charge in [0, 0.05) is 5.02 Å². The Morgan fingerprint density at radius 2 is 1.04 bits per heavy atom. The van der Waals surface area contributed by atoms with Crippen LogP contribution < -0.4 is 20.7 Å². The Morgan fingerprint density at radius 3 is 1.65 bits per heavy atom. The van der Waals surface area contributed by atoms with Crippen molar-refractivity contribution in [1.29, 1.82) is 0 Å². The van der Waals surface area contributed by atoms with Gasteiger partial charge in [0.25, 0.3) is 0 Å². The van der Waals surface area contributed by atoms with E-state index < -0.39 is 8.07 Å². The summed E-state index contributed by atoms with van der Waals surface area (Å²) in [6.07, 6.45) is 0. The van der Waals surface area contributed by atoms with Gasteiger partial charge in [0.15, 0.2) is 8.07 Å². The van der Waals surface area contributed by atoms with Gasteiger partial charge in [-0.15, -0.1) is 0 Å². The highest BCUT2D eigenvalue weighted by Crippen LogP contribution is 2.28. The molecule has 4 aromatic rings. The van der Waals surface area contributed by atoms with Gasteiger partial charge in [-0.1, -0.05) is 103 Å². The van der Waals surface area contributed by atoms with Crippen LogP contribution in [0, 0.1) is 0 Å². The molecule has 2 heteroatoms. The van der Waals surface area contributed by atoms with E-state index in [9.17, 15) is 0 Å². The molecular weight excluding hydrogens is 352 g/mol. The van der Waals surface area contributed by atoms with Gasteiger partial charge >= 0.3 is 0 Å². The number of fused-ring (bicyclic) bond motifs is 3. The number of benzene rings is 4. The summed E-state index contributed by atoms with van der Waals surface area (Å²) in [5.41, 5.74) is 2.72. The molecule has 0 unspecified atom stereocenters. The standard InChI is InChI=1S/C24H17ClSi/c25-18-9-8-12-20(17-18)26(19-10-2-1-3-11-19)23-15-6-4-13-21(23)22-14-5-7-16-24(22)26/h1-17H. The van der Waals surface area contributed by atoms with Crippen LogP contribution in [0.4, 0.5) is 0 Å². The maximum atomic E-state index is 6.45. The monoisotopic (exact) mass is 368 g/mol. The third-order valence-corrected chi connectivity index (χ3v) is 10.5. The smallest absolute Gasteiger partial charge is 0.0843 e. The normalized spacial score (nSPS) is 13.9. The predicted molar refractivity (Wildman–Crippen MR) is 114 cm³/mol. The minimum atomic E-state index is -2.34. The van der Waals surface area contributed by atoms with Crippen LogP contribution in [-0.2, 0) is 0 Å². The zero-order chi connectivity index (χ0) is 17.6. The van der Waals surface area contributed by atoms with Crippen molar-refractivity contribution in [1.82, 2.24) is 0 Å². The molecule has 0 fully saturated rings. The minimum absolute atomic E-state index is 0.798. The van der Waals surface area contributed by atoms with Crippen LogP contribution in [0.5, 0.6) is 0 Å². The highest BCUT2D eigenvalue weighted by Gasteiger charge is 2.48. The fourth-order valence-corrected chi connectivity index (χ4v) is 9.93. The molecule has 0 spiro atoms. The molecule has 4 aromatic carbocycles. The summed E-state index contributed by atoms with van der Waals surface area (Å²) in [6.45, 7) is 0. The van der Waals surface area contributed by atoms with E-state index in [2.05, 4.69) is 97.1 Å². The van der Waals surface area contributed by atoms with Crippen LogP contribution in [0.2, 0.25) is 5.02 Å². The summed E-state index contributed by atoms with van der Waals surface area (Å²) < 4.78 is 0. The van der Waals surface area contributed by atoms with Crippen LogP contribution in [0.25, 0.3) is 11.1 Å². The van der Waals surface area contributed by atoms with E-state index in [1.165, 1.54) is 31.9 Å². The molecule has 1 heterocycles. The zero-order valence-corrected chi connectivity index (χ0v) is 15.9. The van der Waals surface area contributed by atoms with E-state index in [1.54, 1.807) is 0 Å². The lowest BCUT2D eigenvalue weighted by atomic mass is 10.1. The molecule has 1 aliphatic heterocycles. The molecule has 1 aliphatic rings. The zero-order valence-electron chi connectivity index (χ0n) is 14.2. The fraction of sp³-hybridized carbons (Fsp3) is 0. The molecule has 0 atom stereocenters. The van der Waals surface area contributed by atoms with Gasteiger partial charge in [-0.05, 0) is 44.0 Å². The molecule has 0 aliphatic carbocycles. The number of hydrogen-bond donors (Lipinski definition) is 0. The van der Waals surface area contributed by atoms with Crippen molar-refractivity contribution in [2.45, 2.75) is 0 Å². The average Bonchev–Trinajstić information content (AvgIpc) is 3.00. The van der Waals surface area contributed by atoms with E-state index >= 15 is 0 Å². The number of hydrogen-bond acceptors (Lipinski definition) is 0. The minimum Gasteiger partial charge on any atom is -0.0843 e. The van der Waals surface area contributed by atoms with Crippen molar-refractivity contribution in [2.75, 3.05) is 0 Å². The third kappa shape index (κ3) is 2.08. The van der Waals surface area contributed by atoms with E-state index in [0.29, 0.717) is 0 Å².